The molecular weight excluding hydrogens is 242 g/mol. The van der Waals surface area contributed by atoms with Gasteiger partial charge >= 0.3 is 0 Å². The Labute approximate surface area is 112 Å². The Kier molecular flexibility index (Phi) is 4.47. The van der Waals surface area contributed by atoms with Crippen LogP contribution < -0.4 is 5.73 Å². The summed E-state index contributed by atoms with van der Waals surface area (Å²) in [7, 11) is 2.08. The summed E-state index contributed by atoms with van der Waals surface area (Å²) < 4.78 is 0. The van der Waals surface area contributed by atoms with E-state index >= 15 is 0 Å². The van der Waals surface area contributed by atoms with Gasteiger partial charge in [0.05, 0.1) is 11.7 Å². The molecule has 2 aromatic rings. The highest BCUT2D eigenvalue weighted by Crippen LogP contribution is 2.17. The van der Waals surface area contributed by atoms with E-state index in [0.717, 1.165) is 24.5 Å². The lowest BCUT2D eigenvalue weighted by Crippen LogP contribution is -2.28. The topological polar surface area (TPSA) is 42.1 Å². The Hall–Kier alpha value is -1.23. The predicted molar refractivity (Wildman–Crippen MR) is 76.6 cm³/mol. The second-order valence-electron chi connectivity index (χ2n) is 4.59. The van der Waals surface area contributed by atoms with Crippen molar-refractivity contribution < 1.29 is 0 Å². The number of thiophene rings is 1. The van der Waals surface area contributed by atoms with Gasteiger partial charge in [0.1, 0.15) is 0 Å². The molecule has 0 amide bonds. The maximum Gasteiger partial charge on any atom is 0.0547 e. The summed E-state index contributed by atoms with van der Waals surface area (Å²) in [5.74, 6) is 0. The predicted octanol–water partition coefficient (Wildman–Crippen LogP) is 2.58. The minimum Gasteiger partial charge on any atom is -0.322 e. The van der Waals surface area contributed by atoms with Crippen LogP contribution in [0.15, 0.2) is 35.7 Å². The minimum atomic E-state index is 0.0832. The number of rotatable bonds is 5. The molecule has 0 spiro atoms. The van der Waals surface area contributed by atoms with Crippen LogP contribution in [0.25, 0.3) is 0 Å². The molecule has 2 N–H and O–H groups in total. The minimum absolute atomic E-state index is 0.0832. The molecule has 2 heterocycles. The summed E-state index contributed by atoms with van der Waals surface area (Å²) in [6.45, 7) is 3.69. The van der Waals surface area contributed by atoms with Gasteiger partial charge in [0.15, 0.2) is 0 Å². The summed E-state index contributed by atoms with van der Waals surface area (Å²) in [5, 5.41) is 2.07. The van der Waals surface area contributed by atoms with E-state index in [1.165, 1.54) is 4.88 Å². The number of hydrogen-bond donors (Lipinski definition) is 1. The average Bonchev–Trinajstić information content (AvgIpc) is 2.81. The summed E-state index contributed by atoms with van der Waals surface area (Å²) in [6, 6.07) is 10.3. The van der Waals surface area contributed by atoms with E-state index in [4.69, 9.17) is 5.73 Å². The van der Waals surface area contributed by atoms with E-state index in [-0.39, 0.29) is 6.04 Å². The number of nitrogens with two attached hydrogens (primary N) is 1. The maximum absolute atomic E-state index is 6.17. The zero-order chi connectivity index (χ0) is 13.0. The van der Waals surface area contributed by atoms with E-state index in [9.17, 15) is 0 Å². The molecule has 0 radical (unpaired) electrons. The fourth-order valence-corrected chi connectivity index (χ4v) is 2.68. The quantitative estimate of drug-likeness (QED) is 0.899. The van der Waals surface area contributed by atoms with Gasteiger partial charge in [-0.3, -0.25) is 9.88 Å². The lowest BCUT2D eigenvalue weighted by atomic mass is 10.2. The second kappa shape index (κ2) is 6.09. The Morgan fingerprint density at radius 2 is 2.17 bits per heavy atom. The Balaban J connectivity index is 1.91. The van der Waals surface area contributed by atoms with E-state index in [2.05, 4.69) is 34.4 Å². The van der Waals surface area contributed by atoms with Crippen molar-refractivity contribution in [2.45, 2.75) is 19.5 Å². The molecule has 2 rings (SSSR count). The van der Waals surface area contributed by atoms with E-state index < -0.39 is 0 Å². The van der Waals surface area contributed by atoms with E-state index in [1.54, 1.807) is 11.3 Å². The van der Waals surface area contributed by atoms with Crippen molar-refractivity contribution in [2.24, 2.45) is 5.73 Å². The Bertz CT molecular complexity index is 482. The highest BCUT2D eigenvalue weighted by Gasteiger charge is 2.10. The molecule has 0 aliphatic heterocycles. The van der Waals surface area contributed by atoms with Gasteiger partial charge in [-0.05, 0) is 37.6 Å². The monoisotopic (exact) mass is 261 g/mol. The number of aryl methyl sites for hydroxylation is 1. The molecule has 0 saturated carbocycles. The van der Waals surface area contributed by atoms with Crippen LogP contribution in [0.4, 0.5) is 0 Å². The number of likely N-dealkylation sites (N-methyl/N-ethyl adjacent to an activating group) is 1. The second-order valence-corrected chi connectivity index (χ2v) is 5.57. The molecule has 0 aliphatic carbocycles. The van der Waals surface area contributed by atoms with Gasteiger partial charge in [0.25, 0.3) is 0 Å². The third-order valence-electron chi connectivity index (χ3n) is 2.79. The van der Waals surface area contributed by atoms with Crippen molar-refractivity contribution in [1.82, 2.24) is 9.88 Å². The van der Waals surface area contributed by atoms with Crippen molar-refractivity contribution in [1.29, 1.82) is 0 Å². The number of nitrogens with zero attached hydrogens (tertiary/aromatic N) is 2. The van der Waals surface area contributed by atoms with Gasteiger partial charge < -0.3 is 5.73 Å². The number of hydrogen-bond acceptors (Lipinski definition) is 4. The first-order valence-electron chi connectivity index (χ1n) is 6.05. The van der Waals surface area contributed by atoms with Gasteiger partial charge in [-0.2, -0.15) is 0 Å². The molecule has 2 aromatic heterocycles. The largest absolute Gasteiger partial charge is 0.322 e. The molecule has 0 bridgehead atoms. The van der Waals surface area contributed by atoms with Gasteiger partial charge in [-0.15, -0.1) is 11.3 Å². The molecule has 1 atom stereocenters. The van der Waals surface area contributed by atoms with Crippen molar-refractivity contribution in [2.75, 3.05) is 13.6 Å². The molecule has 18 heavy (non-hydrogen) atoms. The zero-order valence-electron chi connectivity index (χ0n) is 10.8. The van der Waals surface area contributed by atoms with Crippen molar-refractivity contribution in [3.63, 3.8) is 0 Å². The number of pyridine rings is 1. The van der Waals surface area contributed by atoms with E-state index in [0.29, 0.717) is 0 Å². The van der Waals surface area contributed by atoms with Crippen LogP contribution in [0.2, 0.25) is 0 Å². The smallest absolute Gasteiger partial charge is 0.0547 e. The third kappa shape index (κ3) is 3.63. The highest BCUT2D eigenvalue weighted by atomic mass is 32.1. The Morgan fingerprint density at radius 1 is 1.33 bits per heavy atom. The molecule has 4 heteroatoms. The van der Waals surface area contributed by atoms with Crippen molar-refractivity contribution in [3.8, 4) is 0 Å². The van der Waals surface area contributed by atoms with Crippen LogP contribution in [0.3, 0.4) is 0 Å². The molecule has 0 saturated heterocycles. The van der Waals surface area contributed by atoms with Crippen LogP contribution >= 0.6 is 11.3 Å². The molecule has 1 unspecified atom stereocenters. The molecule has 0 fully saturated rings. The summed E-state index contributed by atoms with van der Waals surface area (Å²) >= 11 is 1.71. The SMILES string of the molecule is Cc1cccc(CN(C)CC(N)c2cccs2)n1. The summed E-state index contributed by atoms with van der Waals surface area (Å²) in [6.07, 6.45) is 0. The van der Waals surface area contributed by atoms with Crippen LogP contribution in [0.5, 0.6) is 0 Å². The normalized spacial score (nSPS) is 12.9. The van der Waals surface area contributed by atoms with Crippen LogP contribution in [-0.4, -0.2) is 23.5 Å². The lowest BCUT2D eigenvalue weighted by molar-refractivity contribution is 0.303. The maximum atomic E-state index is 6.17. The zero-order valence-corrected chi connectivity index (χ0v) is 11.7. The molecule has 0 aromatic carbocycles. The van der Waals surface area contributed by atoms with Gasteiger partial charge in [-0.1, -0.05) is 12.1 Å². The van der Waals surface area contributed by atoms with Crippen LogP contribution in [0, 0.1) is 6.92 Å². The van der Waals surface area contributed by atoms with Crippen molar-refractivity contribution >= 4 is 11.3 Å². The van der Waals surface area contributed by atoms with Gasteiger partial charge in [0.2, 0.25) is 0 Å². The highest BCUT2D eigenvalue weighted by molar-refractivity contribution is 7.10. The van der Waals surface area contributed by atoms with Crippen LogP contribution in [0.1, 0.15) is 22.3 Å². The first-order valence-corrected chi connectivity index (χ1v) is 6.93. The third-order valence-corrected chi connectivity index (χ3v) is 3.80. The van der Waals surface area contributed by atoms with Gasteiger partial charge in [0, 0.05) is 23.7 Å². The summed E-state index contributed by atoms with van der Waals surface area (Å²) in [4.78, 5) is 7.95. The molecule has 3 nitrogen and oxygen atoms in total. The molecule has 0 aliphatic rings. The first-order chi connectivity index (χ1) is 8.65. The fourth-order valence-electron chi connectivity index (χ4n) is 1.96. The van der Waals surface area contributed by atoms with Crippen molar-refractivity contribution in [3.05, 3.63) is 52.0 Å². The average molecular weight is 261 g/mol. The number of aromatic nitrogens is 1. The van der Waals surface area contributed by atoms with E-state index in [1.807, 2.05) is 25.1 Å². The first kappa shape index (κ1) is 13.2. The lowest BCUT2D eigenvalue weighted by Gasteiger charge is -2.20. The Morgan fingerprint density at radius 3 is 2.83 bits per heavy atom. The standard InChI is InChI=1S/C14H19N3S/c1-11-5-3-6-12(16-11)9-17(2)10-13(15)14-7-4-8-18-14/h3-8,13H,9-10,15H2,1-2H3. The fraction of sp³-hybridized carbons (Fsp3) is 0.357. The summed E-state index contributed by atoms with van der Waals surface area (Å²) in [5.41, 5.74) is 8.32. The molecular formula is C14H19N3S. The van der Waals surface area contributed by atoms with Gasteiger partial charge in [-0.25, -0.2) is 0 Å². The molecule has 96 valence electrons. The van der Waals surface area contributed by atoms with Crippen LogP contribution in [-0.2, 0) is 6.54 Å².